The molecule has 2 heterocycles. The molecule has 1 saturated heterocycles. The van der Waals surface area contributed by atoms with Crippen molar-refractivity contribution in [2.24, 2.45) is 0 Å². The lowest BCUT2D eigenvalue weighted by Crippen LogP contribution is -2.26. The molecule has 17 heavy (non-hydrogen) atoms. The number of hydrogen-bond donors (Lipinski definition) is 0. The molecule has 0 spiro atoms. The van der Waals surface area contributed by atoms with Crippen molar-refractivity contribution in [2.75, 3.05) is 29.5 Å². The second-order valence-corrected chi connectivity index (χ2v) is 6.49. The number of rotatable bonds is 2. The molecule has 0 saturated carbocycles. The molecule has 1 aromatic rings. The molecule has 0 aliphatic carbocycles. The Kier molecular flexibility index (Phi) is 3.24. The summed E-state index contributed by atoms with van der Waals surface area (Å²) < 4.78 is 28.3. The molecule has 0 amide bonds. The average molecular weight is 257 g/mol. The maximum atomic E-state index is 11.4. The Morgan fingerprint density at radius 2 is 2.06 bits per heavy atom. The van der Waals surface area contributed by atoms with Crippen molar-refractivity contribution >= 4 is 21.5 Å². The summed E-state index contributed by atoms with van der Waals surface area (Å²) >= 11 is 0. The van der Waals surface area contributed by atoms with E-state index in [4.69, 9.17) is 4.42 Å². The summed E-state index contributed by atoms with van der Waals surface area (Å²) in [7, 11) is -2.92. The van der Waals surface area contributed by atoms with Crippen molar-refractivity contribution in [2.45, 2.75) is 13.3 Å². The predicted octanol–water partition coefficient (Wildman–Crippen LogP) is 1.11. The summed E-state index contributed by atoms with van der Waals surface area (Å²) in [6.45, 7) is 2.51. The zero-order valence-electron chi connectivity index (χ0n) is 9.68. The summed E-state index contributed by atoms with van der Waals surface area (Å²) in [6.07, 6.45) is 0.596. The molecule has 5 nitrogen and oxygen atoms in total. The number of carbonyl (C=O) groups excluding carboxylic acids is 1. The van der Waals surface area contributed by atoms with Gasteiger partial charge in [-0.2, -0.15) is 0 Å². The first-order chi connectivity index (χ1) is 7.98. The van der Waals surface area contributed by atoms with Gasteiger partial charge in [-0.1, -0.05) is 0 Å². The fourth-order valence-electron chi connectivity index (χ4n) is 1.85. The second kappa shape index (κ2) is 4.52. The lowest BCUT2D eigenvalue weighted by Gasteiger charge is -2.18. The van der Waals surface area contributed by atoms with E-state index in [0.717, 1.165) is 0 Å². The lowest BCUT2D eigenvalue weighted by molar-refractivity contribution is 0.0987. The van der Waals surface area contributed by atoms with Gasteiger partial charge >= 0.3 is 0 Å². The van der Waals surface area contributed by atoms with Gasteiger partial charge in [-0.25, -0.2) is 8.42 Å². The van der Waals surface area contributed by atoms with E-state index in [1.807, 2.05) is 4.90 Å². The molecule has 1 aliphatic heterocycles. The highest BCUT2D eigenvalue weighted by molar-refractivity contribution is 7.91. The highest BCUT2D eigenvalue weighted by Gasteiger charge is 2.21. The number of furan rings is 1. The molecule has 6 heteroatoms. The van der Waals surface area contributed by atoms with Gasteiger partial charge in [0.2, 0.25) is 0 Å². The SMILES string of the molecule is CC(=O)c1ccc(N2CCCS(=O)(=O)CC2)o1. The predicted molar refractivity (Wildman–Crippen MR) is 64.2 cm³/mol. The standard InChI is InChI=1S/C11H15NO4S/c1-9(13)10-3-4-11(16-10)12-5-2-7-17(14,15)8-6-12/h3-4H,2,5-8H2,1H3. The molecule has 1 aromatic heterocycles. The van der Waals surface area contributed by atoms with Gasteiger partial charge < -0.3 is 9.32 Å². The Hall–Kier alpha value is -1.30. The minimum absolute atomic E-state index is 0.126. The summed E-state index contributed by atoms with van der Waals surface area (Å²) in [5.41, 5.74) is 0. The van der Waals surface area contributed by atoms with E-state index in [0.29, 0.717) is 31.2 Å². The summed E-state index contributed by atoms with van der Waals surface area (Å²) in [5.74, 6) is 1.13. The minimum Gasteiger partial charge on any atom is -0.437 e. The molecular weight excluding hydrogens is 242 g/mol. The first kappa shape index (κ1) is 12.2. The normalized spacial score (nSPS) is 19.9. The second-order valence-electron chi connectivity index (χ2n) is 4.19. The van der Waals surface area contributed by atoms with Crippen molar-refractivity contribution in [1.29, 1.82) is 0 Å². The van der Waals surface area contributed by atoms with Crippen LogP contribution in [0.1, 0.15) is 23.9 Å². The fourth-order valence-corrected chi connectivity index (χ4v) is 3.12. The van der Waals surface area contributed by atoms with Gasteiger partial charge in [0.1, 0.15) is 0 Å². The van der Waals surface area contributed by atoms with Crippen LogP contribution in [-0.4, -0.2) is 38.8 Å². The molecule has 1 fully saturated rings. The first-order valence-electron chi connectivity index (χ1n) is 5.54. The largest absolute Gasteiger partial charge is 0.437 e. The van der Waals surface area contributed by atoms with Gasteiger partial charge in [0.15, 0.2) is 27.3 Å². The minimum atomic E-state index is -2.92. The Labute approximate surface area is 100 Å². The van der Waals surface area contributed by atoms with E-state index >= 15 is 0 Å². The van der Waals surface area contributed by atoms with Crippen LogP contribution in [0.25, 0.3) is 0 Å². The summed E-state index contributed by atoms with van der Waals surface area (Å²) in [6, 6.07) is 3.34. The monoisotopic (exact) mass is 257 g/mol. The van der Waals surface area contributed by atoms with E-state index in [-0.39, 0.29) is 17.3 Å². The molecular formula is C11H15NO4S. The van der Waals surface area contributed by atoms with Crippen molar-refractivity contribution in [3.63, 3.8) is 0 Å². The average Bonchev–Trinajstić information content (AvgIpc) is 2.65. The van der Waals surface area contributed by atoms with Gasteiger partial charge in [0.05, 0.1) is 11.5 Å². The van der Waals surface area contributed by atoms with Crippen LogP contribution in [0.2, 0.25) is 0 Å². The number of anilines is 1. The number of hydrogen-bond acceptors (Lipinski definition) is 5. The van der Waals surface area contributed by atoms with Crippen LogP contribution in [0, 0.1) is 0 Å². The van der Waals surface area contributed by atoms with E-state index in [9.17, 15) is 13.2 Å². The molecule has 1 aliphatic rings. The number of carbonyl (C=O) groups is 1. The maximum absolute atomic E-state index is 11.4. The summed E-state index contributed by atoms with van der Waals surface area (Å²) in [4.78, 5) is 13.0. The van der Waals surface area contributed by atoms with Gasteiger partial charge in [-0.3, -0.25) is 4.79 Å². The van der Waals surface area contributed by atoms with Crippen molar-refractivity contribution in [1.82, 2.24) is 0 Å². The van der Waals surface area contributed by atoms with Crippen LogP contribution < -0.4 is 4.90 Å². The Morgan fingerprint density at radius 1 is 1.29 bits per heavy atom. The third-order valence-electron chi connectivity index (χ3n) is 2.81. The molecule has 0 bridgehead atoms. The Morgan fingerprint density at radius 3 is 2.71 bits per heavy atom. The van der Waals surface area contributed by atoms with E-state index < -0.39 is 9.84 Å². The first-order valence-corrected chi connectivity index (χ1v) is 7.36. The Balaban J connectivity index is 2.14. The van der Waals surface area contributed by atoms with E-state index in [1.165, 1.54) is 6.92 Å². The fraction of sp³-hybridized carbons (Fsp3) is 0.545. The molecule has 0 atom stereocenters. The molecule has 0 unspecified atom stereocenters. The molecule has 0 radical (unpaired) electrons. The quantitative estimate of drug-likeness (QED) is 0.742. The van der Waals surface area contributed by atoms with Crippen LogP contribution in [0.5, 0.6) is 0 Å². The van der Waals surface area contributed by atoms with Crippen molar-refractivity contribution in [3.05, 3.63) is 17.9 Å². The van der Waals surface area contributed by atoms with Gasteiger partial charge in [0, 0.05) is 26.1 Å². The molecule has 0 aromatic carbocycles. The summed E-state index contributed by atoms with van der Waals surface area (Å²) in [5, 5.41) is 0. The zero-order chi connectivity index (χ0) is 12.5. The zero-order valence-corrected chi connectivity index (χ0v) is 10.5. The van der Waals surface area contributed by atoms with Crippen LogP contribution in [0.4, 0.5) is 5.88 Å². The van der Waals surface area contributed by atoms with Crippen LogP contribution in [0.15, 0.2) is 16.5 Å². The van der Waals surface area contributed by atoms with E-state index in [1.54, 1.807) is 12.1 Å². The third kappa shape index (κ3) is 2.88. The van der Waals surface area contributed by atoms with Gasteiger partial charge in [-0.05, 0) is 12.5 Å². The molecule has 94 valence electrons. The van der Waals surface area contributed by atoms with Gasteiger partial charge in [-0.15, -0.1) is 0 Å². The lowest BCUT2D eigenvalue weighted by atomic mass is 10.3. The number of Topliss-reactive ketones (excluding diaryl/α,β-unsaturated/α-hetero) is 1. The highest BCUT2D eigenvalue weighted by Crippen LogP contribution is 2.20. The van der Waals surface area contributed by atoms with Crippen LogP contribution >= 0.6 is 0 Å². The molecule has 0 N–H and O–H groups in total. The van der Waals surface area contributed by atoms with Crippen LogP contribution in [0.3, 0.4) is 0 Å². The van der Waals surface area contributed by atoms with Crippen molar-refractivity contribution < 1.29 is 17.6 Å². The van der Waals surface area contributed by atoms with Gasteiger partial charge in [0.25, 0.3) is 0 Å². The number of ketones is 1. The van der Waals surface area contributed by atoms with Crippen LogP contribution in [-0.2, 0) is 9.84 Å². The number of sulfone groups is 1. The Bertz CT molecular complexity index is 517. The molecule has 2 rings (SSSR count). The maximum Gasteiger partial charge on any atom is 0.196 e. The van der Waals surface area contributed by atoms with Crippen molar-refractivity contribution in [3.8, 4) is 0 Å². The topological polar surface area (TPSA) is 67.6 Å². The third-order valence-corrected chi connectivity index (χ3v) is 4.52. The van der Waals surface area contributed by atoms with E-state index in [2.05, 4.69) is 0 Å². The highest BCUT2D eigenvalue weighted by atomic mass is 32.2. The smallest absolute Gasteiger partial charge is 0.196 e. The number of nitrogens with zero attached hydrogens (tertiary/aromatic N) is 1.